The third-order valence-electron chi connectivity index (χ3n) is 2.92. The molecule has 1 aliphatic rings. The molecule has 0 saturated heterocycles. The third kappa shape index (κ3) is 2.99. The average Bonchev–Trinajstić information content (AvgIpc) is 2.68. The van der Waals surface area contributed by atoms with Crippen LogP contribution >= 0.6 is 23.1 Å². The Morgan fingerprint density at radius 3 is 3.13 bits per heavy atom. The molecule has 1 nitrogen and oxygen atoms in total. The predicted octanol–water partition coefficient (Wildman–Crippen LogP) is 3.43. The Bertz CT molecular complexity index is 296. The summed E-state index contributed by atoms with van der Waals surface area (Å²) in [5.74, 6) is 2.54. The molecule has 3 heteroatoms. The molecular weight excluding hydrogens is 222 g/mol. The second-order valence-electron chi connectivity index (χ2n) is 4.15. The molecule has 15 heavy (non-hydrogen) atoms. The van der Waals surface area contributed by atoms with Crippen LogP contribution < -0.4 is 5.32 Å². The summed E-state index contributed by atoms with van der Waals surface area (Å²) in [6.45, 7) is 5.54. The van der Waals surface area contributed by atoms with E-state index in [0.29, 0.717) is 6.04 Å². The first-order chi connectivity index (χ1) is 7.29. The van der Waals surface area contributed by atoms with Crippen molar-refractivity contribution in [2.24, 2.45) is 0 Å². The minimum atomic E-state index is 0.638. The van der Waals surface area contributed by atoms with Gasteiger partial charge in [0, 0.05) is 28.1 Å². The largest absolute Gasteiger partial charge is 0.309 e. The van der Waals surface area contributed by atoms with Gasteiger partial charge >= 0.3 is 0 Å². The molecule has 84 valence electrons. The zero-order chi connectivity index (χ0) is 10.7. The second-order valence-corrected chi connectivity index (χ2v) is 6.48. The van der Waals surface area contributed by atoms with Crippen LogP contribution in [0.25, 0.3) is 0 Å². The van der Waals surface area contributed by atoms with Crippen LogP contribution in [-0.4, -0.2) is 11.8 Å². The molecule has 0 radical (unpaired) electrons. The molecule has 0 spiro atoms. The highest BCUT2D eigenvalue weighted by molar-refractivity contribution is 7.98. The van der Waals surface area contributed by atoms with E-state index in [2.05, 4.69) is 37.0 Å². The molecule has 1 aromatic heterocycles. The highest BCUT2D eigenvalue weighted by Gasteiger charge is 2.13. The van der Waals surface area contributed by atoms with Crippen molar-refractivity contribution in [2.75, 3.05) is 5.75 Å². The van der Waals surface area contributed by atoms with Gasteiger partial charge in [0.05, 0.1) is 0 Å². The van der Waals surface area contributed by atoms with Crippen molar-refractivity contribution in [3.8, 4) is 0 Å². The molecule has 2 rings (SSSR count). The van der Waals surface area contributed by atoms with Crippen LogP contribution in [0.5, 0.6) is 0 Å². The lowest BCUT2D eigenvalue weighted by Gasteiger charge is -2.09. The maximum Gasteiger partial charge on any atom is 0.0302 e. The van der Waals surface area contributed by atoms with E-state index >= 15 is 0 Å². The van der Waals surface area contributed by atoms with E-state index in [1.165, 1.54) is 29.2 Å². The zero-order valence-corrected chi connectivity index (χ0v) is 11.1. The van der Waals surface area contributed by atoms with E-state index in [9.17, 15) is 0 Å². The summed E-state index contributed by atoms with van der Waals surface area (Å²) in [5, 5.41) is 3.56. The number of hydrogen-bond donors (Lipinski definition) is 1. The summed E-state index contributed by atoms with van der Waals surface area (Å²) in [7, 11) is 0. The van der Waals surface area contributed by atoms with Crippen molar-refractivity contribution < 1.29 is 0 Å². The first kappa shape index (κ1) is 11.5. The minimum Gasteiger partial charge on any atom is -0.309 e. The standard InChI is InChI=1S/C12H19NS2/c1-3-9(2)13-7-11-6-10-8-14-5-4-12(10)15-11/h6,9,13H,3-5,7-8H2,1-2H3. The number of thiophene rings is 1. The van der Waals surface area contributed by atoms with Gasteiger partial charge in [-0.05, 0) is 37.1 Å². The molecule has 1 unspecified atom stereocenters. The van der Waals surface area contributed by atoms with Gasteiger partial charge in [-0.2, -0.15) is 11.8 Å². The van der Waals surface area contributed by atoms with Gasteiger partial charge in [-0.1, -0.05) is 6.92 Å². The SMILES string of the molecule is CCC(C)NCc1cc2c(s1)CCSC2. The zero-order valence-electron chi connectivity index (χ0n) is 9.51. The molecule has 0 bridgehead atoms. The number of fused-ring (bicyclic) bond motifs is 1. The highest BCUT2D eigenvalue weighted by Crippen LogP contribution is 2.31. The van der Waals surface area contributed by atoms with E-state index in [4.69, 9.17) is 0 Å². The van der Waals surface area contributed by atoms with Gasteiger partial charge in [0.25, 0.3) is 0 Å². The van der Waals surface area contributed by atoms with Crippen LogP contribution in [-0.2, 0) is 18.7 Å². The summed E-state index contributed by atoms with van der Waals surface area (Å²) in [6, 6.07) is 3.04. The van der Waals surface area contributed by atoms with Gasteiger partial charge in [0.1, 0.15) is 0 Å². The Hall–Kier alpha value is 0.01000. The Labute approximate surface area is 101 Å². The fourth-order valence-electron chi connectivity index (χ4n) is 1.72. The van der Waals surface area contributed by atoms with Gasteiger partial charge in [0.15, 0.2) is 0 Å². The van der Waals surface area contributed by atoms with Crippen molar-refractivity contribution in [1.82, 2.24) is 5.32 Å². The van der Waals surface area contributed by atoms with Gasteiger partial charge in [-0.25, -0.2) is 0 Å². The lowest BCUT2D eigenvalue weighted by molar-refractivity contribution is 0.537. The summed E-state index contributed by atoms with van der Waals surface area (Å²) in [4.78, 5) is 3.15. The molecule has 0 aliphatic carbocycles. The maximum atomic E-state index is 3.56. The second kappa shape index (κ2) is 5.37. The van der Waals surface area contributed by atoms with E-state index in [-0.39, 0.29) is 0 Å². The van der Waals surface area contributed by atoms with Gasteiger partial charge in [-0.3, -0.25) is 0 Å². The Morgan fingerprint density at radius 2 is 2.40 bits per heavy atom. The lowest BCUT2D eigenvalue weighted by Crippen LogP contribution is -2.23. The van der Waals surface area contributed by atoms with Gasteiger partial charge < -0.3 is 5.32 Å². The average molecular weight is 241 g/mol. The summed E-state index contributed by atoms with van der Waals surface area (Å²) in [6.07, 6.45) is 2.49. The first-order valence-electron chi connectivity index (χ1n) is 5.71. The third-order valence-corrected chi connectivity index (χ3v) is 5.16. The summed E-state index contributed by atoms with van der Waals surface area (Å²) < 4.78 is 0. The molecule has 0 saturated carbocycles. The normalized spacial score (nSPS) is 17.5. The molecule has 1 atom stereocenters. The number of rotatable bonds is 4. The molecule has 2 heterocycles. The molecule has 0 aromatic carbocycles. The molecule has 1 N–H and O–H groups in total. The summed E-state index contributed by atoms with van der Waals surface area (Å²) in [5.41, 5.74) is 1.59. The molecule has 1 aromatic rings. The van der Waals surface area contributed by atoms with Crippen LogP contribution in [0.3, 0.4) is 0 Å². The quantitative estimate of drug-likeness (QED) is 0.867. The molecule has 0 fully saturated rings. The van der Waals surface area contributed by atoms with E-state index in [1.807, 2.05) is 11.3 Å². The maximum absolute atomic E-state index is 3.56. The topological polar surface area (TPSA) is 12.0 Å². The Morgan fingerprint density at radius 1 is 1.53 bits per heavy atom. The van der Waals surface area contributed by atoms with Crippen molar-refractivity contribution in [2.45, 2.75) is 45.0 Å². The van der Waals surface area contributed by atoms with Crippen molar-refractivity contribution in [3.63, 3.8) is 0 Å². The van der Waals surface area contributed by atoms with Crippen molar-refractivity contribution in [3.05, 3.63) is 21.4 Å². The van der Waals surface area contributed by atoms with E-state index < -0.39 is 0 Å². The number of nitrogens with one attached hydrogen (secondary N) is 1. The molecule has 0 amide bonds. The van der Waals surface area contributed by atoms with Gasteiger partial charge in [0.2, 0.25) is 0 Å². The number of hydrogen-bond acceptors (Lipinski definition) is 3. The predicted molar refractivity (Wildman–Crippen MR) is 70.8 cm³/mol. The fraction of sp³-hybridized carbons (Fsp3) is 0.667. The fourth-order valence-corrected chi connectivity index (χ4v) is 4.05. The smallest absolute Gasteiger partial charge is 0.0302 e. The Balaban J connectivity index is 1.94. The van der Waals surface area contributed by atoms with Gasteiger partial charge in [-0.15, -0.1) is 11.3 Å². The first-order valence-corrected chi connectivity index (χ1v) is 7.68. The number of thioether (sulfide) groups is 1. The van der Waals surface area contributed by atoms with Crippen LogP contribution in [0.2, 0.25) is 0 Å². The van der Waals surface area contributed by atoms with Crippen LogP contribution in [0, 0.1) is 0 Å². The van der Waals surface area contributed by atoms with Crippen LogP contribution in [0.1, 0.15) is 35.6 Å². The minimum absolute atomic E-state index is 0.638. The van der Waals surface area contributed by atoms with Crippen molar-refractivity contribution >= 4 is 23.1 Å². The monoisotopic (exact) mass is 241 g/mol. The Kier molecular flexibility index (Phi) is 4.12. The molecule has 1 aliphatic heterocycles. The lowest BCUT2D eigenvalue weighted by atomic mass is 10.2. The summed E-state index contributed by atoms with van der Waals surface area (Å²) >= 11 is 4.08. The van der Waals surface area contributed by atoms with E-state index in [0.717, 1.165) is 6.54 Å². The van der Waals surface area contributed by atoms with Crippen LogP contribution in [0.4, 0.5) is 0 Å². The number of aryl methyl sites for hydroxylation is 1. The van der Waals surface area contributed by atoms with Crippen LogP contribution in [0.15, 0.2) is 6.07 Å². The molecular formula is C12H19NS2. The van der Waals surface area contributed by atoms with Crippen molar-refractivity contribution in [1.29, 1.82) is 0 Å². The van der Waals surface area contributed by atoms with E-state index in [1.54, 1.807) is 10.4 Å². The highest BCUT2D eigenvalue weighted by atomic mass is 32.2.